The molecular weight excluding hydrogens is 316 g/mol. The lowest BCUT2D eigenvalue weighted by molar-refractivity contribution is 0.0977. The summed E-state index contributed by atoms with van der Waals surface area (Å²) < 4.78 is 0. The molecule has 0 aliphatic rings. The highest BCUT2D eigenvalue weighted by molar-refractivity contribution is 7.80. The van der Waals surface area contributed by atoms with Crippen molar-refractivity contribution in [3.8, 4) is 0 Å². The van der Waals surface area contributed by atoms with Crippen molar-refractivity contribution in [3.63, 3.8) is 0 Å². The van der Waals surface area contributed by atoms with Gasteiger partial charge in [-0.25, -0.2) is 0 Å². The van der Waals surface area contributed by atoms with Gasteiger partial charge in [0.15, 0.2) is 5.11 Å². The zero-order valence-corrected chi connectivity index (χ0v) is 15.5. The van der Waals surface area contributed by atoms with Gasteiger partial charge in [0.2, 0.25) is 0 Å². The molecule has 0 bridgehead atoms. The number of aryl methyl sites for hydroxylation is 2. The van der Waals surface area contributed by atoms with Gasteiger partial charge >= 0.3 is 0 Å². The van der Waals surface area contributed by atoms with E-state index in [1.165, 1.54) is 5.56 Å². The Bertz CT molecular complexity index is 738. The molecule has 0 heterocycles. The Morgan fingerprint density at radius 1 is 1.08 bits per heavy atom. The molecule has 3 nitrogen and oxygen atoms in total. The van der Waals surface area contributed by atoms with Crippen LogP contribution in [0.1, 0.15) is 53.2 Å². The molecule has 1 atom stereocenters. The first-order valence-corrected chi connectivity index (χ1v) is 8.61. The van der Waals surface area contributed by atoms with Crippen molar-refractivity contribution in [2.75, 3.05) is 5.32 Å². The second-order valence-electron chi connectivity index (χ2n) is 6.14. The highest BCUT2D eigenvalue weighted by atomic mass is 32.1. The van der Waals surface area contributed by atoms with E-state index in [0.717, 1.165) is 23.2 Å². The zero-order chi connectivity index (χ0) is 17.7. The Hall–Kier alpha value is -2.20. The molecule has 0 spiro atoms. The van der Waals surface area contributed by atoms with E-state index < -0.39 is 0 Å². The number of nitrogens with one attached hydrogen (secondary N) is 2. The summed E-state index contributed by atoms with van der Waals surface area (Å²) in [5.74, 6) is 0.335. The number of benzene rings is 2. The maximum absolute atomic E-state index is 12.3. The summed E-state index contributed by atoms with van der Waals surface area (Å²) in [6.07, 6.45) is 1.11. The van der Waals surface area contributed by atoms with Crippen LogP contribution in [0.3, 0.4) is 0 Å². The highest BCUT2D eigenvalue weighted by Gasteiger charge is 2.09. The topological polar surface area (TPSA) is 41.1 Å². The number of hydrogen-bond donors (Lipinski definition) is 2. The van der Waals surface area contributed by atoms with Gasteiger partial charge < -0.3 is 5.32 Å². The maximum Gasteiger partial charge on any atom is 0.257 e. The minimum atomic E-state index is -0.202. The SMILES string of the molecule is CC[C@@H](C)c1ccc(NC(=S)NC(=O)c2ccc(C)c(C)c2)cc1. The van der Waals surface area contributed by atoms with E-state index in [1.807, 2.05) is 38.1 Å². The summed E-state index contributed by atoms with van der Waals surface area (Å²) in [6.45, 7) is 8.39. The lowest BCUT2D eigenvalue weighted by Crippen LogP contribution is -2.34. The fourth-order valence-corrected chi connectivity index (χ4v) is 2.56. The first kappa shape index (κ1) is 18.1. The summed E-state index contributed by atoms with van der Waals surface area (Å²) in [6, 6.07) is 13.8. The molecule has 1 amide bonds. The standard InChI is InChI=1S/C20H24N2OS/c1-5-13(2)16-8-10-18(11-9-16)21-20(24)22-19(23)17-7-6-14(3)15(4)12-17/h6-13H,5H2,1-4H3,(H2,21,22,23,24)/t13-/m1/s1. The predicted molar refractivity (Wildman–Crippen MR) is 105 cm³/mol. The van der Waals surface area contributed by atoms with Gasteiger partial charge in [-0.1, -0.05) is 32.0 Å². The first-order chi connectivity index (χ1) is 11.4. The average molecular weight is 340 g/mol. The molecule has 2 aromatic rings. The van der Waals surface area contributed by atoms with E-state index >= 15 is 0 Å². The molecule has 2 aromatic carbocycles. The number of hydrogen-bond acceptors (Lipinski definition) is 2. The van der Waals surface area contributed by atoms with Crippen LogP contribution in [-0.2, 0) is 0 Å². The third-order valence-corrected chi connectivity index (χ3v) is 4.55. The number of anilines is 1. The molecule has 4 heteroatoms. The van der Waals surface area contributed by atoms with Crippen molar-refractivity contribution in [1.29, 1.82) is 0 Å². The monoisotopic (exact) mass is 340 g/mol. The number of thiocarbonyl (C=S) groups is 1. The van der Waals surface area contributed by atoms with Crippen LogP contribution >= 0.6 is 12.2 Å². The summed E-state index contributed by atoms with van der Waals surface area (Å²) in [4.78, 5) is 12.3. The van der Waals surface area contributed by atoms with Crippen LogP contribution in [0.2, 0.25) is 0 Å². The molecule has 0 aliphatic heterocycles. The number of carbonyl (C=O) groups is 1. The Morgan fingerprint density at radius 3 is 2.33 bits per heavy atom. The third-order valence-electron chi connectivity index (χ3n) is 4.35. The van der Waals surface area contributed by atoms with Gasteiger partial charge in [0.05, 0.1) is 0 Å². The fourth-order valence-electron chi connectivity index (χ4n) is 2.35. The molecule has 0 aliphatic carbocycles. The van der Waals surface area contributed by atoms with E-state index in [1.54, 1.807) is 6.07 Å². The molecule has 0 radical (unpaired) electrons. The maximum atomic E-state index is 12.3. The second-order valence-corrected chi connectivity index (χ2v) is 6.55. The van der Waals surface area contributed by atoms with Crippen LogP contribution in [0.4, 0.5) is 5.69 Å². The van der Waals surface area contributed by atoms with Gasteiger partial charge in [-0.2, -0.15) is 0 Å². The van der Waals surface area contributed by atoms with Crippen molar-refractivity contribution in [2.45, 2.75) is 40.0 Å². The van der Waals surface area contributed by atoms with Crippen molar-refractivity contribution in [3.05, 3.63) is 64.7 Å². The van der Waals surface area contributed by atoms with Gasteiger partial charge in [0.1, 0.15) is 0 Å². The van der Waals surface area contributed by atoms with Crippen LogP contribution in [0.25, 0.3) is 0 Å². The van der Waals surface area contributed by atoms with E-state index in [-0.39, 0.29) is 5.91 Å². The van der Waals surface area contributed by atoms with Crippen molar-refractivity contribution >= 4 is 28.9 Å². The molecule has 126 valence electrons. The largest absolute Gasteiger partial charge is 0.332 e. The van der Waals surface area contributed by atoms with Crippen LogP contribution in [0, 0.1) is 13.8 Å². The number of rotatable bonds is 4. The molecule has 0 fully saturated rings. The zero-order valence-electron chi connectivity index (χ0n) is 14.6. The fraction of sp³-hybridized carbons (Fsp3) is 0.300. The number of carbonyl (C=O) groups excluding carboxylic acids is 1. The van der Waals surface area contributed by atoms with Crippen LogP contribution < -0.4 is 10.6 Å². The van der Waals surface area contributed by atoms with Crippen LogP contribution in [-0.4, -0.2) is 11.0 Å². The van der Waals surface area contributed by atoms with Gasteiger partial charge in [-0.15, -0.1) is 0 Å². The Balaban J connectivity index is 1.97. The first-order valence-electron chi connectivity index (χ1n) is 8.20. The molecule has 2 N–H and O–H groups in total. The van der Waals surface area contributed by atoms with Crippen LogP contribution in [0.15, 0.2) is 42.5 Å². The average Bonchev–Trinajstić information content (AvgIpc) is 2.57. The molecule has 0 aromatic heterocycles. The van der Waals surface area contributed by atoms with Crippen molar-refractivity contribution in [2.24, 2.45) is 0 Å². The molecule has 0 saturated carbocycles. The minimum Gasteiger partial charge on any atom is -0.332 e. The van der Waals surface area contributed by atoms with Crippen LogP contribution in [0.5, 0.6) is 0 Å². The Morgan fingerprint density at radius 2 is 1.75 bits per heavy atom. The van der Waals surface area contributed by atoms with E-state index in [9.17, 15) is 4.79 Å². The highest BCUT2D eigenvalue weighted by Crippen LogP contribution is 2.20. The molecular formula is C20H24N2OS. The molecule has 0 unspecified atom stereocenters. The lowest BCUT2D eigenvalue weighted by Gasteiger charge is -2.12. The quantitative estimate of drug-likeness (QED) is 0.774. The van der Waals surface area contributed by atoms with Crippen molar-refractivity contribution < 1.29 is 4.79 Å². The number of amides is 1. The summed E-state index contributed by atoms with van der Waals surface area (Å²) in [7, 11) is 0. The normalized spacial score (nSPS) is 11.7. The molecule has 0 saturated heterocycles. The van der Waals surface area contributed by atoms with E-state index in [4.69, 9.17) is 12.2 Å². The summed E-state index contributed by atoms with van der Waals surface area (Å²) in [5, 5.41) is 6.07. The van der Waals surface area contributed by atoms with E-state index in [2.05, 4.69) is 36.6 Å². The van der Waals surface area contributed by atoms with Crippen molar-refractivity contribution in [1.82, 2.24) is 5.32 Å². The third kappa shape index (κ3) is 4.65. The Labute approximate surface area is 149 Å². The van der Waals surface area contributed by atoms with Gasteiger partial charge in [0, 0.05) is 11.3 Å². The predicted octanol–water partition coefficient (Wildman–Crippen LogP) is 4.94. The van der Waals surface area contributed by atoms with Gasteiger partial charge in [-0.05, 0) is 79.4 Å². The van der Waals surface area contributed by atoms with Gasteiger partial charge in [0.25, 0.3) is 5.91 Å². The molecule has 2 rings (SSSR count). The molecule has 24 heavy (non-hydrogen) atoms. The van der Waals surface area contributed by atoms with E-state index in [0.29, 0.717) is 16.6 Å². The smallest absolute Gasteiger partial charge is 0.257 e. The second kappa shape index (κ2) is 8.06. The Kier molecular flexibility index (Phi) is 6.10. The minimum absolute atomic E-state index is 0.202. The van der Waals surface area contributed by atoms with Gasteiger partial charge in [-0.3, -0.25) is 10.1 Å². The summed E-state index contributed by atoms with van der Waals surface area (Å²) >= 11 is 5.24. The lowest BCUT2D eigenvalue weighted by atomic mass is 9.99. The summed E-state index contributed by atoms with van der Waals surface area (Å²) in [5.41, 5.74) is 5.02.